The number of carbonyl (C=O) groups is 1. The van der Waals surface area contributed by atoms with Crippen LogP contribution in [0.1, 0.15) is 65.0 Å². The molecule has 10 heteroatoms. The first-order valence-electron chi connectivity index (χ1n) is 10.00. The largest absolute Gasteiger partial charge is 0.591 e. The minimum Gasteiger partial charge on any atom is -0.591 e. The molecule has 1 fully saturated rings. The number of aromatic nitrogens is 1. The Kier molecular flexibility index (Phi) is 7.58. The molecule has 31 heavy (non-hydrogen) atoms. The van der Waals surface area contributed by atoms with E-state index in [2.05, 4.69) is 9.38 Å². The summed E-state index contributed by atoms with van der Waals surface area (Å²) in [4.78, 5) is 17.8. The maximum atomic E-state index is 14.8. The Morgan fingerprint density at radius 2 is 2.00 bits per heavy atom. The number of halogens is 2. The standard InChI is InChI=1S/C21H31F2N3O4S/c1-19(2,3)30-18(27)26-9-8-21(22,23)16(13-26)14-10-15(17(29-7)24-11-14)12-25-31(28)20(4,5)6/h10-12,16H,8-9,13H2,1-7H3/b25-12+. The van der Waals surface area contributed by atoms with Gasteiger partial charge in [-0.3, -0.25) is 0 Å². The van der Waals surface area contributed by atoms with Crippen LogP contribution in [0.3, 0.4) is 0 Å². The van der Waals surface area contributed by atoms with Crippen LogP contribution in [0, 0.1) is 0 Å². The van der Waals surface area contributed by atoms with Gasteiger partial charge < -0.3 is 18.9 Å². The molecule has 2 rings (SSSR count). The van der Waals surface area contributed by atoms with E-state index in [9.17, 15) is 18.1 Å². The summed E-state index contributed by atoms with van der Waals surface area (Å²) in [6, 6.07) is 1.49. The zero-order chi connectivity index (χ0) is 23.6. The molecule has 0 aliphatic carbocycles. The number of carbonyl (C=O) groups excluding carboxylic acids is 1. The Hall–Kier alpha value is -1.94. The number of alkyl halides is 2. The van der Waals surface area contributed by atoms with Gasteiger partial charge in [0.2, 0.25) is 5.88 Å². The molecule has 1 aliphatic heterocycles. The molecule has 1 amide bonds. The van der Waals surface area contributed by atoms with E-state index in [1.54, 1.807) is 41.5 Å². The van der Waals surface area contributed by atoms with E-state index in [1.807, 2.05) is 0 Å². The highest BCUT2D eigenvalue weighted by atomic mass is 32.2. The van der Waals surface area contributed by atoms with E-state index < -0.39 is 46.1 Å². The van der Waals surface area contributed by atoms with Crippen LogP contribution in [0.5, 0.6) is 5.88 Å². The molecule has 0 aromatic carbocycles. The highest BCUT2D eigenvalue weighted by Crippen LogP contribution is 2.41. The molecule has 174 valence electrons. The molecule has 2 unspecified atom stereocenters. The van der Waals surface area contributed by atoms with E-state index in [0.29, 0.717) is 5.56 Å². The van der Waals surface area contributed by atoms with Crippen molar-refractivity contribution in [1.29, 1.82) is 0 Å². The molecule has 0 bridgehead atoms. The quantitative estimate of drug-likeness (QED) is 0.494. The first kappa shape index (κ1) is 25.3. The Morgan fingerprint density at radius 1 is 1.35 bits per heavy atom. The fourth-order valence-corrected chi connectivity index (χ4v) is 3.47. The number of methoxy groups -OCH3 is 1. The van der Waals surface area contributed by atoms with Crippen LogP contribution in [-0.4, -0.2) is 63.2 Å². The minimum absolute atomic E-state index is 0.0964. The van der Waals surface area contributed by atoms with Crippen LogP contribution in [-0.2, 0) is 16.1 Å². The molecule has 0 saturated carbocycles. The molecular formula is C21H31F2N3O4S. The van der Waals surface area contributed by atoms with Gasteiger partial charge in [0.1, 0.15) is 21.7 Å². The average Bonchev–Trinajstić information content (AvgIpc) is 2.63. The van der Waals surface area contributed by atoms with Gasteiger partial charge in [-0.2, -0.15) is 0 Å². The number of amides is 1. The summed E-state index contributed by atoms with van der Waals surface area (Å²) >= 11 is -1.53. The second-order valence-corrected chi connectivity index (χ2v) is 11.4. The third-order valence-electron chi connectivity index (χ3n) is 4.59. The van der Waals surface area contributed by atoms with E-state index in [1.165, 1.54) is 30.5 Å². The number of nitrogens with zero attached hydrogens (tertiary/aromatic N) is 3. The highest BCUT2D eigenvalue weighted by Gasteiger charge is 2.47. The zero-order valence-electron chi connectivity index (χ0n) is 19.1. The predicted octanol–water partition coefficient (Wildman–Crippen LogP) is 4.33. The lowest BCUT2D eigenvalue weighted by molar-refractivity contribution is -0.0771. The van der Waals surface area contributed by atoms with Gasteiger partial charge in [-0.1, -0.05) is 4.40 Å². The fourth-order valence-electron chi connectivity index (χ4n) is 2.95. The molecule has 0 radical (unpaired) electrons. The van der Waals surface area contributed by atoms with Gasteiger partial charge in [0.15, 0.2) is 0 Å². The third kappa shape index (κ3) is 6.77. The molecule has 1 aromatic rings. The van der Waals surface area contributed by atoms with Crippen molar-refractivity contribution in [2.24, 2.45) is 4.40 Å². The normalized spacial score (nSPS) is 20.6. The second kappa shape index (κ2) is 9.28. The van der Waals surface area contributed by atoms with E-state index in [0.717, 1.165) is 0 Å². The maximum Gasteiger partial charge on any atom is 0.410 e. The van der Waals surface area contributed by atoms with E-state index >= 15 is 0 Å². The molecule has 7 nitrogen and oxygen atoms in total. The second-order valence-electron chi connectivity index (χ2n) is 9.45. The number of hydrogen-bond acceptors (Lipinski definition) is 6. The molecule has 1 aromatic heterocycles. The summed E-state index contributed by atoms with van der Waals surface area (Å²) in [6.07, 6.45) is 1.52. The molecule has 1 saturated heterocycles. The lowest BCUT2D eigenvalue weighted by Gasteiger charge is -2.39. The van der Waals surface area contributed by atoms with Crippen molar-refractivity contribution >= 4 is 23.7 Å². The summed E-state index contributed by atoms with van der Waals surface area (Å²) < 4.78 is 55.8. The van der Waals surface area contributed by atoms with Gasteiger partial charge in [-0.25, -0.2) is 18.6 Å². The summed E-state index contributed by atoms with van der Waals surface area (Å²) in [6.45, 7) is 10.2. The van der Waals surface area contributed by atoms with Crippen molar-refractivity contribution in [1.82, 2.24) is 9.88 Å². The van der Waals surface area contributed by atoms with Crippen LogP contribution in [0.25, 0.3) is 0 Å². The number of rotatable bonds is 4. The first-order chi connectivity index (χ1) is 14.1. The van der Waals surface area contributed by atoms with Gasteiger partial charge in [-0.15, -0.1) is 0 Å². The van der Waals surface area contributed by atoms with Gasteiger partial charge in [-0.05, 0) is 53.2 Å². The van der Waals surface area contributed by atoms with E-state index in [4.69, 9.17) is 9.47 Å². The molecule has 1 aliphatic rings. The average molecular weight is 460 g/mol. The Balaban J connectivity index is 2.34. The van der Waals surface area contributed by atoms with Crippen LogP contribution >= 0.6 is 0 Å². The van der Waals surface area contributed by atoms with Crippen molar-refractivity contribution in [2.75, 3.05) is 20.2 Å². The Bertz CT molecular complexity index is 822. The maximum absolute atomic E-state index is 14.8. The topological polar surface area (TPSA) is 87.1 Å². The summed E-state index contributed by atoms with van der Waals surface area (Å²) in [5.41, 5.74) is -0.148. The first-order valence-corrected chi connectivity index (χ1v) is 11.1. The zero-order valence-corrected chi connectivity index (χ0v) is 19.9. The van der Waals surface area contributed by atoms with Gasteiger partial charge in [0.05, 0.1) is 24.8 Å². The monoisotopic (exact) mass is 459 g/mol. The van der Waals surface area contributed by atoms with Gasteiger partial charge in [0.25, 0.3) is 5.92 Å². The molecular weight excluding hydrogens is 428 g/mol. The third-order valence-corrected chi connectivity index (χ3v) is 5.93. The van der Waals surface area contributed by atoms with Gasteiger partial charge in [0, 0.05) is 25.7 Å². The summed E-state index contributed by atoms with van der Waals surface area (Å²) in [5, 5.41) is 0. The number of ether oxygens (including phenoxy) is 2. The Morgan fingerprint density at radius 3 is 2.55 bits per heavy atom. The minimum atomic E-state index is -3.03. The lowest BCUT2D eigenvalue weighted by atomic mass is 9.87. The van der Waals surface area contributed by atoms with Crippen molar-refractivity contribution in [3.63, 3.8) is 0 Å². The van der Waals surface area contributed by atoms with Crippen LogP contribution < -0.4 is 4.74 Å². The molecule has 2 heterocycles. The lowest BCUT2D eigenvalue weighted by Crippen LogP contribution is -2.49. The van der Waals surface area contributed by atoms with Gasteiger partial charge >= 0.3 is 6.09 Å². The van der Waals surface area contributed by atoms with Crippen LogP contribution in [0.15, 0.2) is 16.7 Å². The van der Waals surface area contributed by atoms with Crippen molar-refractivity contribution < 1.29 is 27.6 Å². The summed E-state index contributed by atoms with van der Waals surface area (Å²) in [7, 11) is 1.40. The Labute approximate surface area is 185 Å². The van der Waals surface area contributed by atoms with Crippen LogP contribution in [0.2, 0.25) is 0 Å². The fraction of sp³-hybridized carbons (Fsp3) is 0.667. The molecule has 0 spiro atoms. The van der Waals surface area contributed by atoms with Crippen LogP contribution in [0.4, 0.5) is 13.6 Å². The van der Waals surface area contributed by atoms with E-state index in [-0.39, 0.29) is 24.5 Å². The number of likely N-dealkylation sites (tertiary alicyclic amines) is 1. The molecule has 2 atom stereocenters. The van der Waals surface area contributed by atoms with Crippen molar-refractivity contribution in [3.05, 3.63) is 23.4 Å². The summed E-state index contributed by atoms with van der Waals surface area (Å²) in [5.74, 6) is -4.12. The smallest absolute Gasteiger partial charge is 0.410 e. The number of piperidine rings is 1. The van der Waals surface area contributed by atoms with Crippen molar-refractivity contribution in [3.8, 4) is 5.88 Å². The van der Waals surface area contributed by atoms with Crippen molar-refractivity contribution in [2.45, 2.75) is 70.2 Å². The number of pyridine rings is 1. The predicted molar refractivity (Wildman–Crippen MR) is 116 cm³/mol. The molecule has 0 N–H and O–H groups in total. The SMILES string of the molecule is COc1ncc(C2CN(C(=O)OC(C)(C)C)CCC2(F)F)cc1/C=N/[S+]([O-])C(C)(C)C. The highest BCUT2D eigenvalue weighted by molar-refractivity contribution is 7.91. The number of hydrogen-bond donors (Lipinski definition) is 0.